The fraction of sp³-hybridized carbons (Fsp3) is 0.0769. The van der Waals surface area contributed by atoms with Gasteiger partial charge < -0.3 is 5.32 Å². The lowest BCUT2D eigenvalue weighted by Gasteiger charge is -2.10. The van der Waals surface area contributed by atoms with Gasteiger partial charge in [-0.15, -0.1) is 0 Å². The van der Waals surface area contributed by atoms with Gasteiger partial charge in [0.15, 0.2) is 0 Å². The van der Waals surface area contributed by atoms with Gasteiger partial charge in [0.2, 0.25) is 0 Å². The fourth-order valence-electron chi connectivity index (χ4n) is 1.49. The van der Waals surface area contributed by atoms with Crippen molar-refractivity contribution in [1.82, 2.24) is 0 Å². The molecule has 0 radical (unpaired) electrons. The van der Waals surface area contributed by atoms with Gasteiger partial charge >= 0.3 is 0 Å². The van der Waals surface area contributed by atoms with Gasteiger partial charge in [0.1, 0.15) is 5.82 Å². The van der Waals surface area contributed by atoms with Gasteiger partial charge in [0.25, 0.3) is 0 Å². The minimum atomic E-state index is -0.330. The second-order valence-electron chi connectivity index (χ2n) is 3.71. The Morgan fingerprint density at radius 3 is 2.56 bits per heavy atom. The Bertz CT molecular complexity index is 575. The predicted octanol–water partition coefficient (Wildman–Crippen LogP) is 5.51. The summed E-state index contributed by atoms with van der Waals surface area (Å²) in [4.78, 5) is 0. The van der Waals surface area contributed by atoms with Gasteiger partial charge in [-0.2, -0.15) is 0 Å². The molecule has 2 aromatic rings. The van der Waals surface area contributed by atoms with Crippen LogP contribution in [0.25, 0.3) is 0 Å². The highest BCUT2D eigenvalue weighted by Gasteiger charge is 2.04. The maximum atomic E-state index is 13.1. The average Bonchev–Trinajstić information content (AvgIpc) is 2.32. The quantitative estimate of drug-likeness (QED) is 0.771. The molecule has 2 rings (SSSR count). The zero-order chi connectivity index (χ0) is 13.1. The summed E-state index contributed by atoms with van der Waals surface area (Å²) in [6, 6.07) is 9.80. The molecule has 0 atom stereocenters. The standard InChI is InChI=1S/C13H9BrCl2FN/c14-9-2-1-8(12(16)5-9)7-18-13-6-10(17)3-4-11(13)15/h1-6,18H,7H2. The van der Waals surface area contributed by atoms with Crippen LogP contribution in [-0.2, 0) is 6.54 Å². The predicted molar refractivity (Wildman–Crippen MR) is 77.9 cm³/mol. The van der Waals surface area contributed by atoms with E-state index in [1.54, 1.807) is 0 Å². The summed E-state index contributed by atoms with van der Waals surface area (Å²) >= 11 is 15.4. The first-order chi connectivity index (χ1) is 8.56. The Morgan fingerprint density at radius 1 is 1.06 bits per heavy atom. The van der Waals surface area contributed by atoms with Crippen LogP contribution in [0.15, 0.2) is 40.9 Å². The van der Waals surface area contributed by atoms with E-state index in [1.165, 1.54) is 18.2 Å². The normalized spacial score (nSPS) is 10.4. The second-order valence-corrected chi connectivity index (χ2v) is 5.44. The van der Waals surface area contributed by atoms with Crippen molar-refractivity contribution in [3.63, 3.8) is 0 Å². The van der Waals surface area contributed by atoms with Crippen molar-refractivity contribution in [3.05, 3.63) is 62.3 Å². The Hall–Kier alpha value is -0.770. The monoisotopic (exact) mass is 347 g/mol. The van der Waals surface area contributed by atoms with Gasteiger partial charge in [-0.3, -0.25) is 0 Å². The number of hydrogen-bond donors (Lipinski definition) is 1. The van der Waals surface area contributed by atoms with Crippen molar-refractivity contribution in [2.75, 3.05) is 5.32 Å². The van der Waals surface area contributed by atoms with Gasteiger partial charge in [0.05, 0.1) is 10.7 Å². The summed E-state index contributed by atoms with van der Waals surface area (Å²) in [5, 5.41) is 4.18. The van der Waals surface area contributed by atoms with Crippen LogP contribution in [-0.4, -0.2) is 0 Å². The number of nitrogens with one attached hydrogen (secondary N) is 1. The lowest BCUT2D eigenvalue weighted by molar-refractivity contribution is 0.628. The van der Waals surface area contributed by atoms with Crippen LogP contribution in [0.3, 0.4) is 0 Å². The van der Waals surface area contributed by atoms with Crippen molar-refractivity contribution in [2.45, 2.75) is 6.54 Å². The smallest absolute Gasteiger partial charge is 0.125 e. The van der Waals surface area contributed by atoms with Gasteiger partial charge in [-0.25, -0.2) is 4.39 Å². The van der Waals surface area contributed by atoms with E-state index in [2.05, 4.69) is 21.2 Å². The minimum absolute atomic E-state index is 0.330. The molecule has 0 unspecified atom stereocenters. The molecule has 0 saturated carbocycles. The SMILES string of the molecule is Fc1ccc(Cl)c(NCc2ccc(Br)cc2Cl)c1. The molecule has 0 aromatic heterocycles. The molecule has 2 aromatic carbocycles. The molecule has 0 aliphatic heterocycles. The Labute approximate surface area is 123 Å². The van der Waals surface area contributed by atoms with E-state index in [4.69, 9.17) is 23.2 Å². The molecule has 0 heterocycles. The molecule has 0 fully saturated rings. The van der Waals surface area contributed by atoms with Gasteiger partial charge in [-0.1, -0.05) is 45.2 Å². The highest BCUT2D eigenvalue weighted by atomic mass is 79.9. The third-order valence-electron chi connectivity index (χ3n) is 2.41. The van der Waals surface area contributed by atoms with E-state index in [1.807, 2.05) is 18.2 Å². The second kappa shape index (κ2) is 5.91. The fourth-order valence-corrected chi connectivity index (χ4v) is 2.41. The van der Waals surface area contributed by atoms with Crippen LogP contribution < -0.4 is 5.32 Å². The molecular formula is C13H9BrCl2FN. The number of benzene rings is 2. The first-order valence-electron chi connectivity index (χ1n) is 5.19. The van der Waals surface area contributed by atoms with E-state index >= 15 is 0 Å². The van der Waals surface area contributed by atoms with Crippen molar-refractivity contribution in [1.29, 1.82) is 0 Å². The Balaban J connectivity index is 2.13. The molecule has 0 spiro atoms. The van der Waals surface area contributed by atoms with Crippen LogP contribution in [0.5, 0.6) is 0 Å². The van der Waals surface area contributed by atoms with Crippen molar-refractivity contribution >= 4 is 44.8 Å². The molecule has 94 valence electrons. The topological polar surface area (TPSA) is 12.0 Å². The van der Waals surface area contributed by atoms with E-state index in [-0.39, 0.29) is 5.82 Å². The zero-order valence-corrected chi connectivity index (χ0v) is 12.3. The number of rotatable bonds is 3. The summed E-state index contributed by atoms with van der Waals surface area (Å²) in [7, 11) is 0. The lowest BCUT2D eigenvalue weighted by Crippen LogP contribution is -2.01. The first kappa shape index (κ1) is 13.7. The van der Waals surface area contributed by atoms with Gasteiger partial charge in [0, 0.05) is 16.0 Å². The van der Waals surface area contributed by atoms with E-state index in [0.717, 1.165) is 10.0 Å². The van der Waals surface area contributed by atoms with Crippen molar-refractivity contribution in [2.24, 2.45) is 0 Å². The van der Waals surface area contributed by atoms with E-state index < -0.39 is 0 Å². The summed E-state index contributed by atoms with van der Waals surface area (Å²) in [5.74, 6) is -0.330. The number of halogens is 4. The number of hydrogen-bond acceptors (Lipinski definition) is 1. The first-order valence-corrected chi connectivity index (χ1v) is 6.74. The lowest BCUT2D eigenvalue weighted by atomic mass is 10.2. The van der Waals surface area contributed by atoms with Crippen LogP contribution >= 0.6 is 39.1 Å². The third kappa shape index (κ3) is 3.37. The molecule has 18 heavy (non-hydrogen) atoms. The summed E-state index contributed by atoms with van der Waals surface area (Å²) in [6.07, 6.45) is 0. The maximum absolute atomic E-state index is 13.1. The molecule has 0 amide bonds. The third-order valence-corrected chi connectivity index (χ3v) is 3.59. The van der Waals surface area contributed by atoms with Crippen LogP contribution in [0, 0.1) is 5.82 Å². The summed E-state index contributed by atoms with van der Waals surface area (Å²) < 4.78 is 14.0. The molecule has 0 aliphatic rings. The average molecular weight is 349 g/mol. The molecule has 0 bridgehead atoms. The maximum Gasteiger partial charge on any atom is 0.125 e. The summed E-state index contributed by atoms with van der Waals surface area (Å²) in [5.41, 5.74) is 1.47. The highest BCUT2D eigenvalue weighted by Crippen LogP contribution is 2.25. The molecular weight excluding hydrogens is 340 g/mol. The van der Waals surface area contributed by atoms with Crippen LogP contribution in [0.4, 0.5) is 10.1 Å². The molecule has 5 heteroatoms. The van der Waals surface area contributed by atoms with E-state index in [0.29, 0.717) is 22.3 Å². The van der Waals surface area contributed by atoms with E-state index in [9.17, 15) is 4.39 Å². The molecule has 0 aliphatic carbocycles. The highest BCUT2D eigenvalue weighted by molar-refractivity contribution is 9.10. The zero-order valence-electron chi connectivity index (χ0n) is 9.18. The van der Waals surface area contributed by atoms with Crippen molar-refractivity contribution in [3.8, 4) is 0 Å². The van der Waals surface area contributed by atoms with Crippen LogP contribution in [0.1, 0.15) is 5.56 Å². The largest absolute Gasteiger partial charge is 0.380 e. The Kier molecular flexibility index (Phi) is 4.49. The number of anilines is 1. The van der Waals surface area contributed by atoms with Crippen molar-refractivity contribution < 1.29 is 4.39 Å². The minimum Gasteiger partial charge on any atom is -0.380 e. The summed E-state index contributed by atoms with van der Waals surface area (Å²) in [6.45, 7) is 0.481. The van der Waals surface area contributed by atoms with Crippen LogP contribution in [0.2, 0.25) is 10.0 Å². The molecule has 1 nitrogen and oxygen atoms in total. The van der Waals surface area contributed by atoms with Gasteiger partial charge in [-0.05, 0) is 35.9 Å². The Morgan fingerprint density at radius 2 is 1.83 bits per heavy atom. The molecule has 0 saturated heterocycles. The molecule has 1 N–H and O–H groups in total.